The van der Waals surface area contributed by atoms with Crippen molar-refractivity contribution >= 4 is 28.7 Å². The van der Waals surface area contributed by atoms with Gasteiger partial charge in [0.05, 0.1) is 11.4 Å². The Balaban J connectivity index is 1.95. The third kappa shape index (κ3) is 3.55. The van der Waals surface area contributed by atoms with Crippen molar-refractivity contribution in [1.82, 2.24) is 4.98 Å². The summed E-state index contributed by atoms with van der Waals surface area (Å²) in [5.74, 6) is 0.604. The van der Waals surface area contributed by atoms with Gasteiger partial charge in [-0.25, -0.2) is 4.98 Å². The van der Waals surface area contributed by atoms with Crippen molar-refractivity contribution in [3.05, 3.63) is 45.9 Å². The molecule has 0 aliphatic rings. The van der Waals surface area contributed by atoms with E-state index in [1.165, 1.54) is 11.3 Å². The van der Waals surface area contributed by atoms with Crippen LogP contribution in [0.15, 0.2) is 35.8 Å². The molecule has 3 nitrogen and oxygen atoms in total. The Hall–Kier alpha value is -1.39. The summed E-state index contributed by atoms with van der Waals surface area (Å²) in [7, 11) is 0. The van der Waals surface area contributed by atoms with E-state index in [2.05, 4.69) is 4.98 Å². The number of Topliss-reactive ketones (excluding diaryl/α,β-unsaturated/α-hetero) is 1. The minimum Gasteiger partial charge on any atom is -0.483 e. The second kappa shape index (κ2) is 5.98. The van der Waals surface area contributed by atoms with E-state index in [1.54, 1.807) is 37.4 Å². The molecule has 0 fully saturated rings. The standard InChI is InChI=1S/C13H12ClNO2S/c1-9(12(16)8-13-15-5-6-18-13)17-11-4-2-3-10(14)7-11/h2-7,9H,8H2,1H3. The van der Waals surface area contributed by atoms with Crippen molar-refractivity contribution < 1.29 is 9.53 Å². The lowest BCUT2D eigenvalue weighted by Gasteiger charge is -2.13. The average Bonchev–Trinajstić information content (AvgIpc) is 2.81. The predicted octanol–water partition coefficient (Wildman–Crippen LogP) is 3.38. The van der Waals surface area contributed by atoms with E-state index in [-0.39, 0.29) is 5.78 Å². The Labute approximate surface area is 114 Å². The molecule has 0 aliphatic heterocycles. The number of ether oxygens (including phenoxy) is 1. The third-order valence-corrected chi connectivity index (χ3v) is 3.39. The van der Waals surface area contributed by atoms with Crippen LogP contribution in [-0.2, 0) is 11.2 Å². The van der Waals surface area contributed by atoms with E-state index in [4.69, 9.17) is 16.3 Å². The summed E-state index contributed by atoms with van der Waals surface area (Å²) in [6.07, 6.45) is 1.49. The number of nitrogens with zero attached hydrogens (tertiary/aromatic N) is 1. The molecule has 0 aliphatic carbocycles. The number of carbonyl (C=O) groups is 1. The fourth-order valence-corrected chi connectivity index (χ4v) is 2.25. The maximum atomic E-state index is 11.9. The molecule has 0 radical (unpaired) electrons. The summed E-state index contributed by atoms with van der Waals surface area (Å²) in [5.41, 5.74) is 0. The van der Waals surface area contributed by atoms with Crippen molar-refractivity contribution in [1.29, 1.82) is 0 Å². The van der Waals surface area contributed by atoms with Gasteiger partial charge in [-0.3, -0.25) is 4.79 Å². The zero-order valence-corrected chi connectivity index (χ0v) is 11.4. The van der Waals surface area contributed by atoms with Crippen LogP contribution in [0.3, 0.4) is 0 Å². The summed E-state index contributed by atoms with van der Waals surface area (Å²) >= 11 is 7.32. The highest BCUT2D eigenvalue weighted by Gasteiger charge is 2.16. The molecule has 0 spiro atoms. The van der Waals surface area contributed by atoms with Crippen LogP contribution >= 0.6 is 22.9 Å². The van der Waals surface area contributed by atoms with Gasteiger partial charge in [0.15, 0.2) is 11.9 Å². The number of benzene rings is 1. The molecule has 1 aromatic heterocycles. The monoisotopic (exact) mass is 281 g/mol. The first-order valence-electron chi connectivity index (χ1n) is 5.48. The SMILES string of the molecule is CC(Oc1cccc(Cl)c1)C(=O)Cc1nccs1. The zero-order valence-electron chi connectivity index (χ0n) is 9.80. The van der Waals surface area contributed by atoms with Gasteiger partial charge in [-0.15, -0.1) is 11.3 Å². The van der Waals surface area contributed by atoms with E-state index in [0.717, 1.165) is 5.01 Å². The van der Waals surface area contributed by atoms with E-state index in [9.17, 15) is 4.79 Å². The highest BCUT2D eigenvalue weighted by Crippen LogP contribution is 2.19. The molecule has 1 unspecified atom stereocenters. The van der Waals surface area contributed by atoms with Gasteiger partial charge in [-0.05, 0) is 25.1 Å². The Kier molecular flexibility index (Phi) is 4.33. The van der Waals surface area contributed by atoms with Gasteiger partial charge < -0.3 is 4.74 Å². The Bertz CT molecular complexity index is 528. The van der Waals surface area contributed by atoms with Gasteiger partial charge in [-0.1, -0.05) is 17.7 Å². The van der Waals surface area contributed by atoms with Gasteiger partial charge in [0.25, 0.3) is 0 Å². The van der Waals surface area contributed by atoms with Gasteiger partial charge in [-0.2, -0.15) is 0 Å². The van der Waals surface area contributed by atoms with E-state index in [0.29, 0.717) is 17.2 Å². The van der Waals surface area contributed by atoms with Crippen molar-refractivity contribution in [2.45, 2.75) is 19.4 Å². The Morgan fingerprint density at radius 2 is 2.39 bits per heavy atom. The molecule has 0 N–H and O–H groups in total. The number of halogens is 1. The molecule has 2 rings (SSSR count). The summed E-state index contributed by atoms with van der Waals surface area (Å²) in [6.45, 7) is 1.73. The normalized spacial score (nSPS) is 12.1. The number of rotatable bonds is 5. The number of carbonyl (C=O) groups excluding carboxylic acids is 1. The average molecular weight is 282 g/mol. The first-order chi connectivity index (χ1) is 8.65. The fourth-order valence-electron chi connectivity index (χ4n) is 1.44. The minimum absolute atomic E-state index is 0.00456. The molecule has 0 saturated carbocycles. The van der Waals surface area contributed by atoms with Gasteiger partial charge in [0, 0.05) is 16.6 Å². The second-order valence-electron chi connectivity index (χ2n) is 3.79. The molecule has 0 amide bonds. The van der Waals surface area contributed by atoms with Gasteiger partial charge in [0.2, 0.25) is 0 Å². The Morgan fingerprint density at radius 1 is 1.56 bits per heavy atom. The number of aromatic nitrogens is 1. The molecule has 2 aromatic rings. The molecule has 94 valence electrons. The van der Waals surface area contributed by atoms with Crippen molar-refractivity contribution in [3.63, 3.8) is 0 Å². The lowest BCUT2D eigenvalue weighted by molar-refractivity contribution is -0.124. The number of ketones is 1. The lowest BCUT2D eigenvalue weighted by Crippen LogP contribution is -2.25. The third-order valence-electron chi connectivity index (χ3n) is 2.37. The van der Waals surface area contributed by atoms with Crippen molar-refractivity contribution in [3.8, 4) is 5.75 Å². The van der Waals surface area contributed by atoms with Crippen LogP contribution in [-0.4, -0.2) is 16.9 Å². The van der Waals surface area contributed by atoms with Crippen molar-refractivity contribution in [2.75, 3.05) is 0 Å². The molecule has 1 aromatic carbocycles. The minimum atomic E-state index is -0.507. The van der Waals surface area contributed by atoms with Gasteiger partial charge >= 0.3 is 0 Å². The molecule has 1 atom stereocenters. The van der Waals surface area contributed by atoms with Crippen LogP contribution in [0.25, 0.3) is 0 Å². The van der Waals surface area contributed by atoms with Crippen LogP contribution in [0.4, 0.5) is 0 Å². The molecule has 5 heteroatoms. The van der Waals surface area contributed by atoms with E-state index in [1.807, 2.05) is 5.38 Å². The quantitative estimate of drug-likeness (QED) is 0.843. The first kappa shape index (κ1) is 13.1. The first-order valence-corrected chi connectivity index (χ1v) is 6.74. The zero-order chi connectivity index (χ0) is 13.0. The van der Waals surface area contributed by atoms with E-state index >= 15 is 0 Å². The summed E-state index contributed by atoms with van der Waals surface area (Å²) in [4.78, 5) is 16.0. The number of thiazole rings is 1. The largest absolute Gasteiger partial charge is 0.483 e. The van der Waals surface area contributed by atoms with Crippen LogP contribution < -0.4 is 4.74 Å². The molecular weight excluding hydrogens is 270 g/mol. The molecular formula is C13H12ClNO2S. The van der Waals surface area contributed by atoms with Crippen LogP contribution in [0.5, 0.6) is 5.75 Å². The highest BCUT2D eigenvalue weighted by atomic mass is 35.5. The van der Waals surface area contributed by atoms with Crippen LogP contribution in [0.1, 0.15) is 11.9 Å². The molecule has 0 saturated heterocycles. The predicted molar refractivity (Wildman–Crippen MR) is 72.4 cm³/mol. The summed E-state index contributed by atoms with van der Waals surface area (Å²) in [6, 6.07) is 7.01. The van der Waals surface area contributed by atoms with E-state index < -0.39 is 6.10 Å². The lowest BCUT2D eigenvalue weighted by atomic mass is 10.2. The number of hydrogen-bond donors (Lipinski definition) is 0. The smallest absolute Gasteiger partial charge is 0.179 e. The molecule has 0 bridgehead atoms. The fraction of sp³-hybridized carbons (Fsp3) is 0.231. The maximum Gasteiger partial charge on any atom is 0.179 e. The Morgan fingerprint density at radius 3 is 3.06 bits per heavy atom. The summed E-state index contributed by atoms with van der Waals surface area (Å²) < 4.78 is 5.55. The number of hydrogen-bond acceptors (Lipinski definition) is 4. The van der Waals surface area contributed by atoms with Crippen LogP contribution in [0, 0.1) is 0 Å². The van der Waals surface area contributed by atoms with Crippen LogP contribution in [0.2, 0.25) is 5.02 Å². The summed E-state index contributed by atoms with van der Waals surface area (Å²) in [5, 5.41) is 3.25. The van der Waals surface area contributed by atoms with Crippen molar-refractivity contribution in [2.24, 2.45) is 0 Å². The molecule has 1 heterocycles. The maximum absolute atomic E-state index is 11.9. The molecule has 18 heavy (non-hydrogen) atoms. The van der Waals surface area contributed by atoms with Gasteiger partial charge in [0.1, 0.15) is 5.75 Å². The topological polar surface area (TPSA) is 39.2 Å². The highest BCUT2D eigenvalue weighted by molar-refractivity contribution is 7.09. The second-order valence-corrected chi connectivity index (χ2v) is 5.20.